The van der Waals surface area contributed by atoms with Crippen LogP contribution in [0.2, 0.25) is 0 Å². The summed E-state index contributed by atoms with van der Waals surface area (Å²) in [6.07, 6.45) is 1.76. The van der Waals surface area contributed by atoms with Crippen LogP contribution in [0, 0.1) is 5.92 Å². The first-order chi connectivity index (χ1) is 7.01. The van der Waals surface area contributed by atoms with Crippen LogP contribution in [0.3, 0.4) is 0 Å². The van der Waals surface area contributed by atoms with E-state index >= 15 is 0 Å². The van der Waals surface area contributed by atoms with Gasteiger partial charge in [0.1, 0.15) is 0 Å². The number of hydrogen-bond donors (Lipinski definition) is 0. The fraction of sp³-hybridized carbons (Fsp3) is 0.667. The Kier molecular flexibility index (Phi) is 3.94. The number of carbonyl (C=O) groups is 1. The van der Waals surface area contributed by atoms with Gasteiger partial charge in [-0.2, -0.15) is 0 Å². The molecule has 3 atom stereocenters. The molecule has 0 aromatic heterocycles. The molecule has 0 aliphatic heterocycles. The topological polar surface area (TPSA) is 61.8 Å². The van der Waals surface area contributed by atoms with Gasteiger partial charge in [0.05, 0.1) is 7.11 Å². The maximum absolute atomic E-state index is 11.9. The van der Waals surface area contributed by atoms with E-state index in [1.54, 1.807) is 12.7 Å². The van der Waals surface area contributed by atoms with Crippen molar-refractivity contribution < 1.29 is 23.4 Å². The zero-order valence-corrected chi connectivity index (χ0v) is 9.74. The summed E-state index contributed by atoms with van der Waals surface area (Å²) in [7, 11) is -1.50. The van der Waals surface area contributed by atoms with Gasteiger partial charge in [-0.25, -0.2) is 4.79 Å². The Morgan fingerprint density at radius 2 is 2.33 bits per heavy atom. The SMILES string of the molecule is C=C[C@@H]1C[C@@H]1P(C)(=O)OCOC(=O)OC. The molecule has 0 heterocycles. The molecule has 0 amide bonds. The van der Waals surface area contributed by atoms with Crippen molar-refractivity contribution in [2.45, 2.75) is 12.1 Å². The summed E-state index contributed by atoms with van der Waals surface area (Å²) in [5.74, 6) is 0.263. The van der Waals surface area contributed by atoms with Crippen LogP contribution in [-0.4, -0.2) is 32.4 Å². The van der Waals surface area contributed by atoms with Crippen LogP contribution in [0.1, 0.15) is 6.42 Å². The molecule has 86 valence electrons. The molecule has 6 heteroatoms. The van der Waals surface area contributed by atoms with Gasteiger partial charge >= 0.3 is 6.16 Å². The van der Waals surface area contributed by atoms with E-state index in [4.69, 9.17) is 4.52 Å². The van der Waals surface area contributed by atoms with Gasteiger partial charge in [0.25, 0.3) is 0 Å². The van der Waals surface area contributed by atoms with Crippen molar-refractivity contribution in [2.75, 3.05) is 20.6 Å². The van der Waals surface area contributed by atoms with E-state index < -0.39 is 13.5 Å². The Balaban J connectivity index is 2.29. The predicted molar refractivity (Wildman–Crippen MR) is 55.1 cm³/mol. The molecule has 1 unspecified atom stereocenters. The molecule has 15 heavy (non-hydrogen) atoms. The second-order valence-electron chi connectivity index (χ2n) is 3.46. The maximum atomic E-state index is 11.9. The Morgan fingerprint density at radius 1 is 1.67 bits per heavy atom. The van der Waals surface area contributed by atoms with Gasteiger partial charge in [-0.05, 0) is 12.3 Å². The fourth-order valence-electron chi connectivity index (χ4n) is 1.33. The van der Waals surface area contributed by atoms with Gasteiger partial charge in [0.15, 0.2) is 0 Å². The zero-order valence-electron chi connectivity index (χ0n) is 8.84. The van der Waals surface area contributed by atoms with E-state index in [1.165, 1.54) is 7.11 Å². The van der Waals surface area contributed by atoms with Crippen LogP contribution < -0.4 is 0 Å². The van der Waals surface area contributed by atoms with Crippen molar-refractivity contribution in [3.63, 3.8) is 0 Å². The van der Waals surface area contributed by atoms with E-state index in [0.29, 0.717) is 0 Å². The summed E-state index contributed by atoms with van der Waals surface area (Å²) >= 11 is 0. The molecule has 0 aromatic carbocycles. The molecule has 1 aliphatic rings. The molecule has 1 rings (SSSR count). The highest BCUT2D eigenvalue weighted by Gasteiger charge is 2.47. The third-order valence-corrected chi connectivity index (χ3v) is 4.78. The molecule has 0 N–H and O–H groups in total. The van der Waals surface area contributed by atoms with Crippen molar-refractivity contribution in [3.8, 4) is 0 Å². The Hall–Kier alpha value is -0.800. The predicted octanol–water partition coefficient (Wildman–Crippen LogP) is 2.23. The number of carbonyl (C=O) groups excluding carboxylic acids is 1. The Morgan fingerprint density at radius 3 is 2.80 bits per heavy atom. The van der Waals surface area contributed by atoms with Gasteiger partial charge in [0, 0.05) is 12.3 Å². The number of methoxy groups -OCH3 is 1. The van der Waals surface area contributed by atoms with Crippen molar-refractivity contribution in [1.82, 2.24) is 0 Å². The van der Waals surface area contributed by atoms with Gasteiger partial charge < -0.3 is 9.47 Å². The Labute approximate surface area is 88.8 Å². The minimum absolute atomic E-state index is 0.0243. The fourth-order valence-corrected chi connectivity index (χ4v) is 3.22. The van der Waals surface area contributed by atoms with E-state index in [2.05, 4.69) is 16.1 Å². The standard InChI is InChI=1S/C9H15O5P/c1-4-7-5-8(7)15(3,11)14-6-13-9(10)12-2/h4,7-8H,1,5-6H2,2-3H3/t7-,8+,15?/m1/s1. The van der Waals surface area contributed by atoms with Gasteiger partial charge in [0.2, 0.25) is 14.2 Å². The molecule has 1 aliphatic carbocycles. The highest BCUT2D eigenvalue weighted by molar-refractivity contribution is 7.59. The van der Waals surface area contributed by atoms with Crippen LogP contribution in [0.5, 0.6) is 0 Å². The average molecular weight is 234 g/mol. The molecule has 0 saturated heterocycles. The average Bonchev–Trinajstić information content (AvgIpc) is 2.96. The first-order valence-electron chi connectivity index (χ1n) is 4.56. The molecule has 0 spiro atoms. The van der Waals surface area contributed by atoms with Gasteiger partial charge in [-0.15, -0.1) is 6.58 Å². The minimum Gasteiger partial charge on any atom is -0.438 e. The van der Waals surface area contributed by atoms with E-state index in [-0.39, 0.29) is 18.4 Å². The second-order valence-corrected chi connectivity index (χ2v) is 6.20. The molecular formula is C9H15O5P. The molecule has 5 nitrogen and oxygen atoms in total. The normalized spacial score (nSPS) is 27.6. The minimum atomic E-state index is -2.70. The monoisotopic (exact) mass is 234 g/mol. The lowest BCUT2D eigenvalue weighted by Crippen LogP contribution is -2.08. The van der Waals surface area contributed by atoms with Crippen molar-refractivity contribution in [3.05, 3.63) is 12.7 Å². The summed E-state index contributed by atoms with van der Waals surface area (Å²) in [6.45, 7) is 4.84. The third-order valence-electron chi connectivity index (χ3n) is 2.36. The van der Waals surface area contributed by atoms with E-state index in [0.717, 1.165) is 6.42 Å². The Bertz CT molecular complexity index is 301. The molecule has 0 radical (unpaired) electrons. The first-order valence-corrected chi connectivity index (χ1v) is 6.70. The molecule has 0 bridgehead atoms. The lowest BCUT2D eigenvalue weighted by molar-refractivity contribution is 0.0165. The summed E-state index contributed by atoms with van der Waals surface area (Å²) in [5, 5.41) is 0. The highest BCUT2D eigenvalue weighted by Crippen LogP contribution is 2.62. The third kappa shape index (κ3) is 3.36. The maximum Gasteiger partial charge on any atom is 0.510 e. The van der Waals surface area contributed by atoms with Crippen LogP contribution in [0.25, 0.3) is 0 Å². The largest absolute Gasteiger partial charge is 0.510 e. The summed E-state index contributed by atoms with van der Waals surface area (Å²) in [5.41, 5.74) is 0.0243. The quantitative estimate of drug-likeness (QED) is 0.316. The lowest BCUT2D eigenvalue weighted by Gasteiger charge is -2.12. The smallest absolute Gasteiger partial charge is 0.438 e. The number of hydrogen-bond acceptors (Lipinski definition) is 5. The second kappa shape index (κ2) is 4.81. The lowest BCUT2D eigenvalue weighted by atomic mass is 10.4. The summed E-state index contributed by atoms with van der Waals surface area (Å²) in [4.78, 5) is 10.6. The summed E-state index contributed by atoms with van der Waals surface area (Å²) in [6, 6.07) is 0. The van der Waals surface area contributed by atoms with Crippen molar-refractivity contribution >= 4 is 13.5 Å². The van der Waals surface area contributed by atoms with Crippen molar-refractivity contribution in [2.24, 2.45) is 5.92 Å². The van der Waals surface area contributed by atoms with E-state index in [9.17, 15) is 9.36 Å². The summed E-state index contributed by atoms with van der Waals surface area (Å²) < 4.78 is 25.7. The molecule has 0 aromatic rings. The highest BCUT2D eigenvalue weighted by atomic mass is 31.2. The van der Waals surface area contributed by atoms with Crippen LogP contribution >= 0.6 is 7.37 Å². The molecule has 1 saturated carbocycles. The first kappa shape index (κ1) is 12.3. The zero-order chi connectivity index (χ0) is 11.5. The van der Waals surface area contributed by atoms with Crippen LogP contribution in [-0.2, 0) is 18.6 Å². The molecular weight excluding hydrogens is 219 g/mol. The van der Waals surface area contributed by atoms with E-state index in [1.807, 2.05) is 0 Å². The number of ether oxygens (including phenoxy) is 2. The van der Waals surface area contributed by atoms with Gasteiger partial charge in [-0.1, -0.05) is 6.08 Å². The van der Waals surface area contributed by atoms with Crippen LogP contribution in [0.15, 0.2) is 12.7 Å². The number of allylic oxidation sites excluding steroid dienone is 1. The number of rotatable bonds is 5. The van der Waals surface area contributed by atoms with Gasteiger partial charge in [-0.3, -0.25) is 9.09 Å². The van der Waals surface area contributed by atoms with Crippen molar-refractivity contribution in [1.29, 1.82) is 0 Å². The molecule has 1 fully saturated rings. The van der Waals surface area contributed by atoms with Crippen LogP contribution in [0.4, 0.5) is 4.79 Å².